The summed E-state index contributed by atoms with van der Waals surface area (Å²) >= 11 is 6.95. The highest BCUT2D eigenvalue weighted by atomic mass is 79.9. The van der Waals surface area contributed by atoms with Crippen LogP contribution in [0.2, 0.25) is 0 Å². The normalized spacial score (nSPS) is 24.9. The monoisotopic (exact) mass is 2000 g/mol. The van der Waals surface area contributed by atoms with E-state index in [1.807, 2.05) is 94.9 Å². The maximum Gasteiger partial charge on any atom is 0.494 e. The summed E-state index contributed by atoms with van der Waals surface area (Å²) in [7, 11) is -1.22. The first kappa shape index (κ1) is 101. The van der Waals surface area contributed by atoms with Gasteiger partial charge in [0.15, 0.2) is 5.78 Å². The summed E-state index contributed by atoms with van der Waals surface area (Å²) in [4.78, 5) is 59.6. The molecule has 2 amide bonds. The number of ketones is 1. The molecule has 8 aromatic rings. The molecule has 2 saturated carbocycles. The van der Waals surface area contributed by atoms with Gasteiger partial charge in [0.2, 0.25) is 23.6 Å². The van der Waals surface area contributed by atoms with Crippen LogP contribution in [0.1, 0.15) is 251 Å². The van der Waals surface area contributed by atoms with Crippen LogP contribution in [-0.2, 0) is 61.3 Å². The van der Waals surface area contributed by atoms with E-state index in [-0.39, 0.29) is 82.4 Å². The molecule has 137 heavy (non-hydrogen) atoms. The number of aryl methyl sites for hydroxylation is 1. The largest absolute Gasteiger partial charge is 0.494 e. The SMILES string of the molecule is Brc1ccc(C2CCN(C3COC3)CC2)cc1.Brc1ccc(C2CCNCC2)cc1.CC1(C)OB(B2OC(C)(C)C(C)(C)O2)OC1(C)C.CC1(C)OB(c2ccc(C3CCN(C4COC4)CC3)cc2)OC1(C)C.C[C@@H](Oc1nc(-c2ccc(C3CCN(C4COC4)CC3)cc2)cc2ncn(C3CC3)c12)[C@H]1CNC(=O)C1.Cc1cc2ncn(C3CC3)c2c(O[C@H](C)[C@H]2CNC(=O)C2)n1.O=C1COC1. The Morgan fingerprint density at radius 3 is 1.08 bits per heavy atom. The summed E-state index contributed by atoms with van der Waals surface area (Å²) in [5.41, 5.74) is 11.6. The number of ether oxygens (including phenoxy) is 6. The van der Waals surface area contributed by atoms with Gasteiger partial charge in [-0.2, -0.15) is 0 Å². The number of halogens is 2. The van der Waals surface area contributed by atoms with Crippen LogP contribution in [0, 0.1) is 18.8 Å². The Morgan fingerprint density at radius 2 is 0.752 bits per heavy atom. The molecule has 4 atom stereocenters. The molecule has 0 bridgehead atoms. The summed E-state index contributed by atoms with van der Waals surface area (Å²) in [6.45, 7) is 47.7. The minimum atomic E-state index is -0.476. The standard InChI is InChI=1S/C29H35N5O3.C20H30BNO3.C16H20N4O2.C14H18BrNO.C12H24B2O4.C11H14BrN.C3H4O2/c1-18(22-12-27(35)30-14-22)37-29-28-26(31-17-34(28)23-6-7-23)13-25(32-29)21-4-2-19(3-5-21)20-8-10-33(11-9-20)24-15-36-16-24;1-19(2)20(3,4)25-21(24-19)17-7-5-15(6-8-17)16-9-11-22(12-10-16)18-13-23-14-18;1-9-5-13-15(20(8-18-13)12-3-4-12)16(19-9)22-10(2)11-6-14(21)17-7-11;15-13-3-1-11(2-4-13)12-5-7-16(8-6-12)14-9-17-10-14;1-9(2)10(3,4)16-13(15-9)14-17-11(5,6)12(7,8)18-14;12-11-3-1-9(2-4-11)10-5-7-13-8-6-10;4-3-1-5-2-3/h2-5,13,17-18,20,22-24H,6-12,14-16H2,1H3,(H,30,35);5-8,16,18H,9-14H2,1-4H3;5,8,10-12H,3-4,6-7H2,1-2H3,(H,17,21);1-4,12,14H,5-10H2;1-8H3;1-4,10,13H,5-8H2;1-2H2/t18-,22-;;10-,11-;;;;/m1.1..../s1. The Morgan fingerprint density at radius 1 is 0.416 bits per heavy atom. The third-order valence-corrected chi connectivity index (χ3v) is 33.0. The molecule has 4 aromatic carbocycles. The number of Topliss-reactive ketones (excluding diaryl/α,β-unsaturated/α-hetero) is 1. The fourth-order valence-electron chi connectivity index (χ4n) is 19.9. The average Bonchev–Trinajstić information content (AvgIpc) is 1.61. The lowest BCUT2D eigenvalue weighted by atomic mass is 9.49. The number of hydrogen-bond donors (Lipinski definition) is 3. The first-order chi connectivity index (χ1) is 65.6. The summed E-state index contributed by atoms with van der Waals surface area (Å²) < 4.78 is 76.0. The van der Waals surface area contributed by atoms with Crippen LogP contribution < -0.4 is 30.9 Å². The van der Waals surface area contributed by atoms with Gasteiger partial charge in [-0.3, -0.25) is 29.1 Å². The number of imidazole rings is 2. The number of aromatic nitrogens is 6. The van der Waals surface area contributed by atoms with Crippen LogP contribution in [0.5, 0.6) is 11.8 Å². The first-order valence-electron chi connectivity index (χ1n) is 50.7. The van der Waals surface area contributed by atoms with Gasteiger partial charge in [-0.05, 0) is 321 Å². The van der Waals surface area contributed by atoms with Crippen molar-refractivity contribution in [1.82, 2.24) is 59.7 Å². The van der Waals surface area contributed by atoms with Crippen molar-refractivity contribution in [3.63, 3.8) is 0 Å². The molecule has 23 rings (SSSR count). The molecular formula is C105H145B3Br2N12O15. The Bertz CT molecular complexity index is 5290. The van der Waals surface area contributed by atoms with E-state index >= 15 is 0 Å². The minimum Gasteiger partial charge on any atom is -0.473 e. The van der Waals surface area contributed by atoms with Crippen molar-refractivity contribution in [3.05, 3.63) is 159 Å². The number of nitrogens with zero attached hydrogens (tertiary/aromatic N) is 9. The third-order valence-electron chi connectivity index (χ3n) is 31.9. The number of fused-ring (bicyclic) bond motifs is 2. The second-order valence-electron chi connectivity index (χ2n) is 43.4. The average molecular weight is 2010 g/mol. The predicted octanol–water partition coefficient (Wildman–Crippen LogP) is 16.2. The molecule has 15 fully saturated rings. The molecule has 738 valence electrons. The van der Waals surface area contributed by atoms with Crippen LogP contribution in [0.25, 0.3) is 33.3 Å². The van der Waals surface area contributed by atoms with Crippen molar-refractivity contribution in [2.45, 2.75) is 293 Å². The van der Waals surface area contributed by atoms with Crippen LogP contribution in [0.3, 0.4) is 0 Å². The summed E-state index contributed by atoms with van der Waals surface area (Å²) in [5.74, 6) is 4.83. The maximum absolute atomic E-state index is 11.8. The van der Waals surface area contributed by atoms with Gasteiger partial charge in [-0.1, -0.05) is 105 Å². The fraction of sp³-hybridized carbons (Fsp3) is 0.629. The molecule has 4 aromatic heterocycles. The molecule has 0 radical (unpaired) electrons. The van der Waals surface area contributed by atoms with E-state index in [9.17, 15) is 14.4 Å². The Hall–Kier alpha value is -7.08. The Balaban J connectivity index is 0.000000116. The number of carbonyl (C=O) groups excluding carboxylic acids is 3. The smallest absolute Gasteiger partial charge is 0.473 e. The highest BCUT2D eigenvalue weighted by molar-refractivity contribution is 9.10. The van der Waals surface area contributed by atoms with Gasteiger partial charge >= 0.3 is 21.1 Å². The summed E-state index contributed by atoms with van der Waals surface area (Å²) in [6.07, 6.45) is 19.4. The lowest BCUT2D eigenvalue weighted by Gasteiger charge is -2.41. The summed E-state index contributed by atoms with van der Waals surface area (Å²) in [5, 5.41) is 9.18. The van der Waals surface area contributed by atoms with Crippen molar-refractivity contribution in [2.24, 2.45) is 11.8 Å². The number of carbonyl (C=O) groups is 3. The lowest BCUT2D eigenvalue weighted by molar-refractivity contribution is -0.140. The second kappa shape index (κ2) is 43.6. The molecular weight excluding hydrogens is 1860 g/mol. The fourth-order valence-corrected chi connectivity index (χ4v) is 20.5. The van der Waals surface area contributed by atoms with Crippen molar-refractivity contribution < 1.29 is 70.7 Å². The van der Waals surface area contributed by atoms with E-state index < -0.39 is 14.0 Å². The molecule has 32 heteroatoms. The van der Waals surface area contributed by atoms with Gasteiger partial charge in [0.25, 0.3) is 0 Å². The van der Waals surface area contributed by atoms with Crippen LogP contribution in [0.4, 0.5) is 0 Å². The van der Waals surface area contributed by atoms with E-state index in [1.165, 1.54) is 135 Å². The van der Waals surface area contributed by atoms with E-state index in [0.29, 0.717) is 92.9 Å². The number of nitrogens with one attached hydrogen (secondary N) is 3. The molecule has 0 spiro atoms. The predicted molar refractivity (Wildman–Crippen MR) is 542 cm³/mol. The van der Waals surface area contributed by atoms with Gasteiger partial charge < -0.3 is 81.4 Å². The Kier molecular flexibility index (Phi) is 32.3. The molecule has 13 aliphatic heterocycles. The van der Waals surface area contributed by atoms with Crippen molar-refractivity contribution in [1.29, 1.82) is 0 Å². The van der Waals surface area contributed by atoms with Crippen molar-refractivity contribution in [2.75, 3.05) is 118 Å². The number of rotatable bonds is 18. The second-order valence-corrected chi connectivity index (χ2v) is 45.2. The van der Waals surface area contributed by atoms with Crippen LogP contribution >= 0.6 is 31.9 Å². The van der Waals surface area contributed by atoms with Crippen molar-refractivity contribution in [3.8, 4) is 23.0 Å². The van der Waals surface area contributed by atoms with E-state index in [1.54, 1.807) is 0 Å². The number of pyridine rings is 2. The molecule has 27 nitrogen and oxygen atoms in total. The topological polar surface area (TPSA) is 269 Å². The first-order valence-corrected chi connectivity index (χ1v) is 52.3. The number of amides is 2. The van der Waals surface area contributed by atoms with Gasteiger partial charge in [-0.25, -0.2) is 19.9 Å². The molecule has 17 heterocycles. The third kappa shape index (κ3) is 24.7. The van der Waals surface area contributed by atoms with Gasteiger partial charge in [-0.15, -0.1) is 0 Å². The number of likely N-dealkylation sites (tertiary alicyclic amines) is 3. The quantitative estimate of drug-likeness (QED) is 0.0674. The molecule has 2 aliphatic carbocycles. The molecule has 15 aliphatic rings. The van der Waals surface area contributed by atoms with E-state index in [0.717, 1.165) is 122 Å². The van der Waals surface area contributed by atoms with Crippen molar-refractivity contribution >= 4 is 98.1 Å². The Labute approximate surface area is 828 Å². The highest BCUT2D eigenvalue weighted by Crippen LogP contribution is 2.47. The molecule has 0 unspecified atom stereocenters. The molecule has 3 N–H and O–H groups in total. The number of hydrogen-bond acceptors (Lipinski definition) is 23. The van der Waals surface area contributed by atoms with E-state index in [4.69, 9.17) is 61.6 Å². The minimum absolute atomic E-state index is 0.0565. The van der Waals surface area contributed by atoms with Crippen LogP contribution in [0.15, 0.2) is 131 Å². The van der Waals surface area contributed by atoms with E-state index in [2.05, 4.69) is 217 Å². The highest BCUT2D eigenvalue weighted by Gasteiger charge is 2.64. The zero-order chi connectivity index (χ0) is 96.3. The van der Waals surface area contributed by atoms with Gasteiger partial charge in [0.05, 0.1) is 121 Å². The zero-order valence-electron chi connectivity index (χ0n) is 83.3. The lowest BCUT2D eigenvalue weighted by Crippen LogP contribution is -2.51. The number of benzene rings is 4. The zero-order valence-corrected chi connectivity index (χ0v) is 86.5. The van der Waals surface area contributed by atoms with Gasteiger partial charge in [0, 0.05) is 70.1 Å². The van der Waals surface area contributed by atoms with Crippen LogP contribution in [-0.4, -0.2) is 265 Å². The maximum atomic E-state index is 11.8. The number of piperidine rings is 4. The summed E-state index contributed by atoms with van der Waals surface area (Å²) in [6, 6.07) is 42.5. The van der Waals surface area contributed by atoms with Gasteiger partial charge in [0.1, 0.15) is 36.5 Å². The molecule has 13 saturated heterocycles.